The third-order valence-corrected chi connectivity index (χ3v) is 4.22. The molecular formula is C12H20BrN3. The van der Waals surface area contributed by atoms with Gasteiger partial charge in [-0.15, -0.1) is 0 Å². The number of halogens is 1. The van der Waals surface area contributed by atoms with Crippen molar-refractivity contribution >= 4 is 21.7 Å². The average molecular weight is 286 g/mol. The van der Waals surface area contributed by atoms with Gasteiger partial charge in [-0.1, -0.05) is 29.8 Å². The van der Waals surface area contributed by atoms with Crippen molar-refractivity contribution < 1.29 is 0 Å². The first-order valence-corrected chi connectivity index (χ1v) is 6.62. The molecule has 1 heterocycles. The van der Waals surface area contributed by atoms with Crippen molar-refractivity contribution in [2.45, 2.75) is 39.2 Å². The predicted octanol–water partition coefficient (Wildman–Crippen LogP) is 3.21. The molecule has 16 heavy (non-hydrogen) atoms. The molecule has 4 heteroatoms. The van der Waals surface area contributed by atoms with E-state index in [4.69, 9.17) is 0 Å². The monoisotopic (exact) mass is 285 g/mol. The van der Waals surface area contributed by atoms with E-state index in [9.17, 15) is 0 Å². The van der Waals surface area contributed by atoms with Crippen molar-refractivity contribution in [2.75, 3.05) is 17.3 Å². The maximum absolute atomic E-state index is 4.33. The normalized spacial score (nSPS) is 11.9. The van der Waals surface area contributed by atoms with Gasteiger partial charge in [-0.3, -0.25) is 0 Å². The van der Waals surface area contributed by atoms with Gasteiger partial charge in [0.15, 0.2) is 0 Å². The van der Waals surface area contributed by atoms with Gasteiger partial charge in [-0.2, -0.15) is 0 Å². The highest BCUT2D eigenvalue weighted by molar-refractivity contribution is 9.09. The summed E-state index contributed by atoms with van der Waals surface area (Å²) < 4.78 is 0. The van der Waals surface area contributed by atoms with Gasteiger partial charge in [0, 0.05) is 29.7 Å². The van der Waals surface area contributed by atoms with Crippen LogP contribution < -0.4 is 4.90 Å². The van der Waals surface area contributed by atoms with Crippen molar-refractivity contribution in [2.24, 2.45) is 0 Å². The lowest BCUT2D eigenvalue weighted by atomic mass is 10.1. The Morgan fingerprint density at radius 3 is 2.50 bits per heavy atom. The van der Waals surface area contributed by atoms with E-state index < -0.39 is 0 Å². The van der Waals surface area contributed by atoms with Gasteiger partial charge >= 0.3 is 0 Å². The van der Waals surface area contributed by atoms with Crippen molar-refractivity contribution in [3.8, 4) is 0 Å². The number of hydrogen-bond acceptors (Lipinski definition) is 3. The largest absolute Gasteiger partial charge is 0.354 e. The molecule has 0 fully saturated rings. The molecule has 1 aromatic rings. The second-order valence-electron chi connectivity index (χ2n) is 4.96. The average Bonchev–Trinajstić information content (AvgIpc) is 2.28. The Bertz CT molecular complexity index is 350. The van der Waals surface area contributed by atoms with Crippen LogP contribution >= 0.6 is 15.9 Å². The maximum Gasteiger partial charge on any atom is 0.132 e. The Kier molecular flexibility index (Phi) is 4.30. The fraction of sp³-hybridized carbons (Fsp3) is 0.667. The van der Waals surface area contributed by atoms with Crippen molar-refractivity contribution in [1.29, 1.82) is 0 Å². The summed E-state index contributed by atoms with van der Waals surface area (Å²) in [6.07, 6.45) is 1.64. The number of anilines is 1. The lowest BCUT2D eigenvalue weighted by Gasteiger charge is -2.35. The molecule has 0 spiro atoms. The summed E-state index contributed by atoms with van der Waals surface area (Å²) in [4.78, 5) is 10.8. The molecule has 0 amide bonds. The van der Waals surface area contributed by atoms with E-state index in [-0.39, 0.29) is 5.54 Å². The quantitative estimate of drug-likeness (QED) is 0.796. The molecule has 0 unspecified atom stereocenters. The molecule has 0 aliphatic rings. The van der Waals surface area contributed by atoms with Crippen LogP contribution in [0.3, 0.4) is 0 Å². The van der Waals surface area contributed by atoms with Crippen molar-refractivity contribution in [3.05, 3.63) is 18.1 Å². The van der Waals surface area contributed by atoms with E-state index >= 15 is 0 Å². The summed E-state index contributed by atoms with van der Waals surface area (Å²) in [6, 6.07) is 2.06. The third kappa shape index (κ3) is 2.94. The summed E-state index contributed by atoms with van der Waals surface area (Å²) in [7, 11) is 2.06. The van der Waals surface area contributed by atoms with Gasteiger partial charge in [-0.25, -0.2) is 9.97 Å². The molecule has 90 valence electrons. The Morgan fingerprint density at radius 1 is 1.38 bits per heavy atom. The summed E-state index contributed by atoms with van der Waals surface area (Å²) in [5.74, 6) is 1.41. The fourth-order valence-corrected chi connectivity index (χ4v) is 1.64. The molecule has 1 aromatic heterocycles. The van der Waals surface area contributed by atoms with Crippen LogP contribution in [0, 0.1) is 0 Å². The molecule has 0 aliphatic carbocycles. The second-order valence-corrected chi connectivity index (χ2v) is 5.52. The maximum atomic E-state index is 4.33. The van der Waals surface area contributed by atoms with Crippen LogP contribution in [0.5, 0.6) is 0 Å². The van der Waals surface area contributed by atoms with Crippen LogP contribution in [0.15, 0.2) is 12.4 Å². The molecule has 1 rings (SSSR count). The zero-order valence-electron chi connectivity index (χ0n) is 10.7. The molecule has 3 nitrogen and oxygen atoms in total. The fourth-order valence-electron chi connectivity index (χ4n) is 1.26. The molecule has 0 aromatic carbocycles. The molecule has 0 radical (unpaired) electrons. The number of hydrogen-bond donors (Lipinski definition) is 0. The molecule has 0 aliphatic heterocycles. The van der Waals surface area contributed by atoms with Gasteiger partial charge in [-0.05, 0) is 19.8 Å². The SMILES string of the molecule is CC(C)c1cc(N(C)C(C)(C)CBr)ncn1. The van der Waals surface area contributed by atoms with Crippen LogP contribution in [0.4, 0.5) is 5.82 Å². The second kappa shape index (κ2) is 5.13. The van der Waals surface area contributed by atoms with Crippen molar-refractivity contribution in [1.82, 2.24) is 9.97 Å². The molecule has 0 N–H and O–H groups in total. The zero-order valence-corrected chi connectivity index (χ0v) is 12.2. The van der Waals surface area contributed by atoms with E-state index in [1.807, 2.05) is 0 Å². The Labute approximate surface area is 106 Å². The van der Waals surface area contributed by atoms with E-state index in [0.717, 1.165) is 16.8 Å². The first-order valence-electron chi connectivity index (χ1n) is 5.50. The molecule has 0 bridgehead atoms. The number of aromatic nitrogens is 2. The summed E-state index contributed by atoms with van der Waals surface area (Å²) >= 11 is 3.53. The first kappa shape index (κ1) is 13.4. The minimum atomic E-state index is 0.0442. The number of alkyl halides is 1. The van der Waals surface area contributed by atoms with Gasteiger partial charge in [0.25, 0.3) is 0 Å². The highest BCUT2D eigenvalue weighted by Gasteiger charge is 2.23. The van der Waals surface area contributed by atoms with Crippen LogP contribution in [0.25, 0.3) is 0 Å². The Hall–Kier alpha value is -0.640. The molecule has 0 atom stereocenters. The van der Waals surface area contributed by atoms with Crippen LogP contribution in [-0.2, 0) is 0 Å². The topological polar surface area (TPSA) is 29.0 Å². The summed E-state index contributed by atoms with van der Waals surface area (Å²) in [5, 5.41) is 0.900. The van der Waals surface area contributed by atoms with E-state index in [1.54, 1.807) is 6.33 Å². The van der Waals surface area contributed by atoms with Gasteiger partial charge in [0.05, 0.1) is 0 Å². The van der Waals surface area contributed by atoms with Gasteiger partial charge in [0.1, 0.15) is 12.1 Å². The van der Waals surface area contributed by atoms with E-state index in [0.29, 0.717) is 5.92 Å². The van der Waals surface area contributed by atoms with E-state index in [2.05, 4.69) is 71.6 Å². The third-order valence-electron chi connectivity index (χ3n) is 2.84. The highest BCUT2D eigenvalue weighted by atomic mass is 79.9. The molecule has 0 saturated carbocycles. The zero-order chi connectivity index (χ0) is 12.3. The lowest BCUT2D eigenvalue weighted by Crippen LogP contribution is -2.43. The van der Waals surface area contributed by atoms with Crippen LogP contribution in [0.2, 0.25) is 0 Å². The summed E-state index contributed by atoms with van der Waals surface area (Å²) in [5.41, 5.74) is 1.13. The first-order chi connectivity index (χ1) is 7.38. The van der Waals surface area contributed by atoms with E-state index in [1.165, 1.54) is 0 Å². The number of nitrogens with zero attached hydrogens (tertiary/aromatic N) is 3. The minimum absolute atomic E-state index is 0.0442. The summed E-state index contributed by atoms with van der Waals surface area (Å²) in [6.45, 7) is 8.64. The standard InChI is InChI=1S/C12H20BrN3/c1-9(2)10-6-11(15-8-14-10)16(5)12(3,4)7-13/h6,8-9H,7H2,1-5H3. The lowest BCUT2D eigenvalue weighted by molar-refractivity contribution is 0.546. The van der Waals surface area contributed by atoms with Crippen LogP contribution in [-0.4, -0.2) is 27.9 Å². The van der Waals surface area contributed by atoms with Gasteiger partial charge in [0.2, 0.25) is 0 Å². The Morgan fingerprint density at radius 2 is 2.00 bits per heavy atom. The Balaban J connectivity index is 3.00. The van der Waals surface area contributed by atoms with Crippen molar-refractivity contribution in [3.63, 3.8) is 0 Å². The highest BCUT2D eigenvalue weighted by Crippen LogP contribution is 2.23. The molecule has 0 saturated heterocycles. The smallest absolute Gasteiger partial charge is 0.132 e. The predicted molar refractivity (Wildman–Crippen MR) is 72.4 cm³/mol. The van der Waals surface area contributed by atoms with Gasteiger partial charge < -0.3 is 4.90 Å². The number of rotatable bonds is 4. The minimum Gasteiger partial charge on any atom is -0.354 e. The van der Waals surface area contributed by atoms with Crippen LogP contribution in [0.1, 0.15) is 39.3 Å². The molecular weight excluding hydrogens is 266 g/mol.